The number of hydrogen-bond donors (Lipinski definition) is 0. The molecular formula is C13H21NO5. The highest BCUT2D eigenvalue weighted by atomic mass is 16.6. The van der Waals surface area contributed by atoms with Gasteiger partial charge in [-0.2, -0.15) is 0 Å². The number of carbonyl (C=O) groups is 3. The highest BCUT2D eigenvalue weighted by Gasteiger charge is 2.35. The first-order chi connectivity index (χ1) is 8.60. The number of esters is 2. The molecule has 1 aliphatic heterocycles. The highest BCUT2D eigenvalue weighted by molar-refractivity contribution is 5.88. The first kappa shape index (κ1) is 15.5. The van der Waals surface area contributed by atoms with Crippen molar-refractivity contribution in [3.63, 3.8) is 0 Å². The molecule has 0 spiro atoms. The van der Waals surface area contributed by atoms with Crippen molar-refractivity contribution in [2.75, 3.05) is 7.05 Å². The number of nitrogens with zero attached hydrogens (tertiary/aromatic N) is 1. The first-order valence-corrected chi connectivity index (χ1v) is 6.29. The molecule has 1 unspecified atom stereocenters. The van der Waals surface area contributed by atoms with Gasteiger partial charge in [0.05, 0.1) is 12.8 Å². The molecule has 0 N–H and O–H groups in total. The van der Waals surface area contributed by atoms with E-state index in [1.807, 2.05) is 0 Å². The second-order valence-corrected chi connectivity index (χ2v) is 5.85. The summed E-state index contributed by atoms with van der Waals surface area (Å²) in [6, 6.07) is -0.272. The lowest BCUT2D eigenvalue weighted by atomic mass is 9.91. The maximum absolute atomic E-state index is 11.9. The van der Waals surface area contributed by atoms with E-state index in [-0.39, 0.29) is 24.8 Å². The van der Waals surface area contributed by atoms with E-state index in [2.05, 4.69) is 4.74 Å². The average Bonchev–Trinajstić information content (AvgIpc) is 2.23. The van der Waals surface area contributed by atoms with Gasteiger partial charge < -0.3 is 14.4 Å². The molecule has 1 amide bonds. The van der Waals surface area contributed by atoms with Crippen molar-refractivity contribution in [3.05, 3.63) is 0 Å². The molecule has 0 aromatic carbocycles. The predicted molar refractivity (Wildman–Crippen MR) is 67.3 cm³/mol. The van der Waals surface area contributed by atoms with Crippen molar-refractivity contribution >= 4 is 18.0 Å². The summed E-state index contributed by atoms with van der Waals surface area (Å²) in [5, 5.41) is 0. The lowest BCUT2D eigenvalue weighted by Crippen LogP contribution is -2.45. The summed E-state index contributed by atoms with van der Waals surface area (Å²) in [5.74, 6) is -1.30. The highest BCUT2D eigenvalue weighted by Crippen LogP contribution is 2.24. The van der Waals surface area contributed by atoms with Gasteiger partial charge in [0.2, 0.25) is 0 Å². The Labute approximate surface area is 113 Å². The van der Waals surface area contributed by atoms with Crippen LogP contribution in [0.4, 0.5) is 4.79 Å². The smallest absolute Gasteiger partial charge is 0.410 e. The van der Waals surface area contributed by atoms with Gasteiger partial charge in [0.15, 0.2) is 0 Å². The van der Waals surface area contributed by atoms with Crippen LogP contribution in [0.1, 0.15) is 40.5 Å². The van der Waals surface area contributed by atoms with Crippen molar-refractivity contribution in [1.29, 1.82) is 0 Å². The van der Waals surface area contributed by atoms with Gasteiger partial charge in [-0.3, -0.25) is 9.59 Å². The molecule has 1 heterocycles. The van der Waals surface area contributed by atoms with Gasteiger partial charge in [0.1, 0.15) is 5.60 Å². The molecule has 19 heavy (non-hydrogen) atoms. The molecule has 0 bridgehead atoms. The molecule has 0 aliphatic carbocycles. The van der Waals surface area contributed by atoms with E-state index in [4.69, 9.17) is 4.74 Å². The average molecular weight is 271 g/mol. The Hall–Kier alpha value is -1.59. The fourth-order valence-corrected chi connectivity index (χ4v) is 1.87. The zero-order chi connectivity index (χ0) is 14.8. The van der Waals surface area contributed by atoms with Crippen LogP contribution in [0.25, 0.3) is 0 Å². The summed E-state index contributed by atoms with van der Waals surface area (Å²) in [4.78, 5) is 35.8. The van der Waals surface area contributed by atoms with Crippen molar-refractivity contribution in [2.45, 2.75) is 52.2 Å². The fourth-order valence-electron chi connectivity index (χ4n) is 1.87. The van der Waals surface area contributed by atoms with Gasteiger partial charge in [-0.1, -0.05) is 0 Å². The number of hydrogen-bond acceptors (Lipinski definition) is 5. The molecule has 0 radical (unpaired) electrons. The van der Waals surface area contributed by atoms with E-state index in [1.165, 1.54) is 4.90 Å². The maximum Gasteiger partial charge on any atom is 0.410 e. The zero-order valence-corrected chi connectivity index (χ0v) is 12.1. The second-order valence-electron chi connectivity index (χ2n) is 5.85. The van der Waals surface area contributed by atoms with Crippen LogP contribution in [-0.2, 0) is 19.1 Å². The van der Waals surface area contributed by atoms with Crippen LogP contribution in [0.2, 0.25) is 0 Å². The molecule has 108 valence electrons. The van der Waals surface area contributed by atoms with E-state index >= 15 is 0 Å². The minimum atomic E-state index is -0.577. The molecule has 1 atom stereocenters. The number of ether oxygens (including phenoxy) is 2. The summed E-state index contributed by atoms with van der Waals surface area (Å²) in [6.45, 7) is 7.14. The Balaban J connectivity index is 2.65. The summed E-state index contributed by atoms with van der Waals surface area (Å²) in [7, 11) is 1.60. The van der Waals surface area contributed by atoms with E-state index in [9.17, 15) is 14.4 Å². The minimum absolute atomic E-state index is 0.139. The van der Waals surface area contributed by atoms with Gasteiger partial charge in [0.25, 0.3) is 0 Å². The van der Waals surface area contributed by atoms with Crippen molar-refractivity contribution in [2.24, 2.45) is 5.92 Å². The van der Waals surface area contributed by atoms with Crippen LogP contribution in [-0.4, -0.2) is 41.6 Å². The van der Waals surface area contributed by atoms with Gasteiger partial charge in [-0.15, -0.1) is 0 Å². The molecule has 0 aromatic rings. The number of amides is 1. The van der Waals surface area contributed by atoms with Crippen molar-refractivity contribution in [3.8, 4) is 0 Å². The van der Waals surface area contributed by atoms with Gasteiger partial charge in [-0.25, -0.2) is 4.79 Å². The van der Waals surface area contributed by atoms with E-state index in [0.29, 0.717) is 0 Å². The van der Waals surface area contributed by atoms with E-state index < -0.39 is 23.6 Å². The van der Waals surface area contributed by atoms with Crippen LogP contribution >= 0.6 is 0 Å². The summed E-state index contributed by atoms with van der Waals surface area (Å²) >= 11 is 0. The largest absolute Gasteiger partial charge is 0.444 e. The van der Waals surface area contributed by atoms with Crippen LogP contribution in [0.15, 0.2) is 0 Å². The van der Waals surface area contributed by atoms with Crippen LogP contribution in [0.5, 0.6) is 0 Å². The van der Waals surface area contributed by atoms with Gasteiger partial charge in [-0.05, 0) is 27.7 Å². The lowest BCUT2D eigenvalue weighted by Gasteiger charge is -2.34. The van der Waals surface area contributed by atoms with Crippen molar-refractivity contribution in [1.82, 2.24) is 4.90 Å². The molecule has 1 aliphatic rings. The molecule has 1 rings (SSSR count). The van der Waals surface area contributed by atoms with Crippen molar-refractivity contribution < 1.29 is 23.9 Å². The third-order valence-corrected chi connectivity index (χ3v) is 3.06. The molecular weight excluding hydrogens is 250 g/mol. The van der Waals surface area contributed by atoms with Crippen LogP contribution in [0.3, 0.4) is 0 Å². The summed E-state index contributed by atoms with van der Waals surface area (Å²) < 4.78 is 9.73. The Morgan fingerprint density at radius 1 is 1.32 bits per heavy atom. The fraction of sp³-hybridized carbons (Fsp3) is 0.769. The quantitative estimate of drug-likeness (QED) is 0.565. The molecule has 0 saturated carbocycles. The Kier molecular flexibility index (Phi) is 4.55. The molecule has 0 aromatic heterocycles. The third-order valence-electron chi connectivity index (χ3n) is 3.06. The van der Waals surface area contributed by atoms with Crippen LogP contribution in [0, 0.1) is 5.92 Å². The summed E-state index contributed by atoms with van der Waals surface area (Å²) in [6.07, 6.45) is -0.188. The first-order valence-electron chi connectivity index (χ1n) is 6.29. The Morgan fingerprint density at radius 2 is 1.79 bits per heavy atom. The monoisotopic (exact) mass is 271 g/mol. The molecule has 1 saturated heterocycles. The Bertz CT molecular complexity index is 369. The number of carbonyl (C=O) groups excluding carboxylic acids is 3. The van der Waals surface area contributed by atoms with Gasteiger partial charge >= 0.3 is 18.0 Å². The molecule has 6 heteroatoms. The topological polar surface area (TPSA) is 72.9 Å². The van der Waals surface area contributed by atoms with E-state index in [0.717, 1.165) is 0 Å². The predicted octanol–water partition coefficient (Wildman–Crippen LogP) is 1.72. The zero-order valence-electron chi connectivity index (χ0n) is 12.1. The summed E-state index contributed by atoms with van der Waals surface area (Å²) in [5.41, 5.74) is -0.577. The number of rotatable bonds is 2. The minimum Gasteiger partial charge on any atom is -0.444 e. The normalized spacial score (nSPS) is 18.8. The lowest BCUT2D eigenvalue weighted by molar-refractivity contribution is -0.166. The Morgan fingerprint density at radius 3 is 2.21 bits per heavy atom. The SMILES string of the molecule is CC(C1CC(=O)OC(=O)C1)N(C)C(=O)OC(C)(C)C. The van der Waals surface area contributed by atoms with Crippen LogP contribution < -0.4 is 0 Å². The van der Waals surface area contributed by atoms with E-state index in [1.54, 1.807) is 34.7 Å². The van der Waals surface area contributed by atoms with Gasteiger partial charge in [0, 0.05) is 19.0 Å². The number of cyclic esters (lactones) is 2. The molecule has 6 nitrogen and oxygen atoms in total. The standard InChI is InChI=1S/C13H21NO5/c1-8(9-6-10(15)18-11(16)7-9)14(5)12(17)19-13(2,3)4/h8-9H,6-7H2,1-5H3. The second kappa shape index (κ2) is 5.59. The third kappa shape index (κ3) is 4.54. The molecule has 1 fully saturated rings. The maximum atomic E-state index is 11.9.